The summed E-state index contributed by atoms with van der Waals surface area (Å²) in [5, 5.41) is 0. The fourth-order valence-electron chi connectivity index (χ4n) is 4.23. The molecule has 0 atom stereocenters. The van der Waals surface area contributed by atoms with Crippen LogP contribution in [0.4, 0.5) is 0 Å². The standard InChI is InChI=1S/C18H32/c1-15(16-10-6-4-7-11-16)14-18(2,3)17-12-8-5-9-13-17/h14,16-17H,4-13H2,1-3H3. The molecule has 0 heteroatoms. The lowest BCUT2D eigenvalue weighted by Gasteiger charge is -2.36. The number of allylic oxidation sites excluding steroid dienone is 2. The van der Waals surface area contributed by atoms with Crippen LogP contribution in [0.5, 0.6) is 0 Å². The normalized spacial score (nSPS) is 25.4. The van der Waals surface area contributed by atoms with E-state index in [9.17, 15) is 0 Å². The predicted octanol–water partition coefficient (Wildman–Crippen LogP) is 6.12. The molecule has 0 radical (unpaired) electrons. The van der Waals surface area contributed by atoms with Crippen molar-refractivity contribution in [1.29, 1.82) is 0 Å². The van der Waals surface area contributed by atoms with Gasteiger partial charge < -0.3 is 0 Å². The minimum Gasteiger partial charge on any atom is -0.0794 e. The van der Waals surface area contributed by atoms with E-state index in [0.717, 1.165) is 11.8 Å². The molecule has 0 saturated heterocycles. The van der Waals surface area contributed by atoms with E-state index in [2.05, 4.69) is 26.8 Å². The zero-order valence-electron chi connectivity index (χ0n) is 12.8. The number of rotatable bonds is 3. The van der Waals surface area contributed by atoms with E-state index in [1.165, 1.54) is 64.2 Å². The van der Waals surface area contributed by atoms with Crippen LogP contribution in [0, 0.1) is 17.3 Å². The first kappa shape index (κ1) is 14.2. The van der Waals surface area contributed by atoms with Gasteiger partial charge in [-0.2, -0.15) is 0 Å². The van der Waals surface area contributed by atoms with Crippen LogP contribution in [0.3, 0.4) is 0 Å². The zero-order chi connectivity index (χ0) is 13.0. The van der Waals surface area contributed by atoms with Crippen molar-refractivity contribution in [3.05, 3.63) is 11.6 Å². The van der Waals surface area contributed by atoms with E-state index < -0.39 is 0 Å². The van der Waals surface area contributed by atoms with Crippen molar-refractivity contribution in [2.75, 3.05) is 0 Å². The average molecular weight is 248 g/mol. The summed E-state index contributed by atoms with van der Waals surface area (Å²) >= 11 is 0. The molecular formula is C18H32. The Balaban J connectivity index is 1.99. The minimum absolute atomic E-state index is 0.432. The highest BCUT2D eigenvalue weighted by molar-refractivity contribution is 5.11. The van der Waals surface area contributed by atoms with Crippen LogP contribution in [-0.4, -0.2) is 0 Å². The lowest BCUT2D eigenvalue weighted by molar-refractivity contribution is 0.207. The van der Waals surface area contributed by atoms with Crippen LogP contribution in [0.25, 0.3) is 0 Å². The molecule has 0 heterocycles. The van der Waals surface area contributed by atoms with Crippen molar-refractivity contribution in [2.24, 2.45) is 17.3 Å². The van der Waals surface area contributed by atoms with Gasteiger partial charge in [0.05, 0.1) is 0 Å². The molecule has 0 aromatic carbocycles. The van der Waals surface area contributed by atoms with Crippen LogP contribution < -0.4 is 0 Å². The van der Waals surface area contributed by atoms with Gasteiger partial charge >= 0.3 is 0 Å². The maximum absolute atomic E-state index is 2.65. The maximum Gasteiger partial charge on any atom is -0.0144 e. The molecule has 2 saturated carbocycles. The van der Waals surface area contributed by atoms with E-state index in [1.807, 2.05) is 0 Å². The molecule has 2 fully saturated rings. The third-order valence-corrected chi connectivity index (χ3v) is 5.51. The zero-order valence-corrected chi connectivity index (χ0v) is 12.8. The number of hydrogen-bond donors (Lipinski definition) is 0. The van der Waals surface area contributed by atoms with Crippen molar-refractivity contribution in [3.8, 4) is 0 Å². The second-order valence-electron chi connectivity index (χ2n) is 7.38. The Morgan fingerprint density at radius 2 is 1.33 bits per heavy atom. The first-order valence-corrected chi connectivity index (χ1v) is 8.29. The van der Waals surface area contributed by atoms with Crippen molar-refractivity contribution in [3.63, 3.8) is 0 Å². The minimum atomic E-state index is 0.432. The highest BCUT2D eigenvalue weighted by atomic mass is 14.3. The summed E-state index contributed by atoms with van der Waals surface area (Å²) in [4.78, 5) is 0. The molecule has 2 rings (SSSR count). The SMILES string of the molecule is CC(=CC(C)(C)C1CCCCC1)C1CCCCC1. The molecule has 0 aromatic heterocycles. The Hall–Kier alpha value is -0.260. The van der Waals surface area contributed by atoms with Gasteiger partial charge in [0.15, 0.2) is 0 Å². The topological polar surface area (TPSA) is 0 Å². The maximum atomic E-state index is 2.65. The molecule has 0 nitrogen and oxygen atoms in total. The van der Waals surface area contributed by atoms with Gasteiger partial charge in [-0.05, 0) is 49.9 Å². The Morgan fingerprint density at radius 1 is 0.833 bits per heavy atom. The second kappa shape index (κ2) is 6.26. The second-order valence-corrected chi connectivity index (χ2v) is 7.38. The van der Waals surface area contributed by atoms with Crippen LogP contribution >= 0.6 is 0 Å². The van der Waals surface area contributed by atoms with Crippen molar-refractivity contribution in [1.82, 2.24) is 0 Å². The molecular weight excluding hydrogens is 216 g/mol. The average Bonchev–Trinajstić information content (AvgIpc) is 2.40. The molecule has 0 bridgehead atoms. The van der Waals surface area contributed by atoms with Gasteiger partial charge in [-0.15, -0.1) is 0 Å². The van der Waals surface area contributed by atoms with Crippen molar-refractivity contribution in [2.45, 2.75) is 85.0 Å². The molecule has 104 valence electrons. The molecule has 0 spiro atoms. The van der Waals surface area contributed by atoms with Gasteiger partial charge in [0.1, 0.15) is 0 Å². The highest BCUT2D eigenvalue weighted by Gasteiger charge is 2.29. The monoisotopic (exact) mass is 248 g/mol. The van der Waals surface area contributed by atoms with Crippen molar-refractivity contribution < 1.29 is 0 Å². The summed E-state index contributed by atoms with van der Waals surface area (Å²) in [6.07, 6.45) is 17.2. The molecule has 0 aliphatic heterocycles. The van der Waals surface area contributed by atoms with E-state index in [4.69, 9.17) is 0 Å². The Labute approximate surface area is 114 Å². The summed E-state index contributed by atoms with van der Waals surface area (Å²) in [5.41, 5.74) is 2.13. The van der Waals surface area contributed by atoms with E-state index >= 15 is 0 Å². The largest absolute Gasteiger partial charge is 0.0794 e. The van der Waals surface area contributed by atoms with E-state index in [1.54, 1.807) is 5.57 Å². The third kappa shape index (κ3) is 3.62. The summed E-state index contributed by atoms with van der Waals surface area (Å²) in [5.74, 6) is 1.84. The Bertz CT molecular complexity index is 272. The van der Waals surface area contributed by atoms with Gasteiger partial charge in [0.25, 0.3) is 0 Å². The molecule has 0 unspecified atom stereocenters. The van der Waals surface area contributed by atoms with Crippen LogP contribution in [0.15, 0.2) is 11.6 Å². The van der Waals surface area contributed by atoms with Gasteiger partial charge in [-0.1, -0.05) is 64.0 Å². The Morgan fingerprint density at radius 3 is 1.89 bits per heavy atom. The van der Waals surface area contributed by atoms with Crippen LogP contribution in [-0.2, 0) is 0 Å². The fraction of sp³-hybridized carbons (Fsp3) is 0.889. The Kier molecular flexibility index (Phi) is 4.92. The lowest BCUT2D eigenvalue weighted by Crippen LogP contribution is -2.25. The summed E-state index contributed by atoms with van der Waals surface area (Å²) in [6.45, 7) is 7.37. The van der Waals surface area contributed by atoms with Crippen LogP contribution in [0.2, 0.25) is 0 Å². The fourth-order valence-corrected chi connectivity index (χ4v) is 4.23. The molecule has 0 aromatic rings. The summed E-state index contributed by atoms with van der Waals surface area (Å²) in [6, 6.07) is 0. The van der Waals surface area contributed by atoms with Gasteiger partial charge in [-0.3, -0.25) is 0 Å². The molecule has 2 aliphatic carbocycles. The van der Waals surface area contributed by atoms with Crippen molar-refractivity contribution >= 4 is 0 Å². The van der Waals surface area contributed by atoms with Gasteiger partial charge in [-0.25, -0.2) is 0 Å². The predicted molar refractivity (Wildman–Crippen MR) is 80.7 cm³/mol. The summed E-state index contributed by atoms with van der Waals surface area (Å²) in [7, 11) is 0. The van der Waals surface area contributed by atoms with Crippen LogP contribution in [0.1, 0.15) is 85.0 Å². The van der Waals surface area contributed by atoms with E-state index in [-0.39, 0.29) is 0 Å². The summed E-state index contributed by atoms with van der Waals surface area (Å²) < 4.78 is 0. The molecule has 0 N–H and O–H groups in total. The first-order valence-electron chi connectivity index (χ1n) is 8.29. The van der Waals surface area contributed by atoms with E-state index in [0.29, 0.717) is 5.41 Å². The molecule has 2 aliphatic rings. The smallest absolute Gasteiger partial charge is 0.0144 e. The quantitative estimate of drug-likeness (QED) is 0.528. The van der Waals surface area contributed by atoms with Gasteiger partial charge in [0, 0.05) is 0 Å². The van der Waals surface area contributed by atoms with Gasteiger partial charge in [0.2, 0.25) is 0 Å². The first-order chi connectivity index (χ1) is 8.59. The third-order valence-electron chi connectivity index (χ3n) is 5.51. The molecule has 18 heavy (non-hydrogen) atoms. The highest BCUT2D eigenvalue weighted by Crippen LogP contribution is 2.41. The molecule has 0 amide bonds. The lowest BCUT2D eigenvalue weighted by atomic mass is 9.69. The number of hydrogen-bond acceptors (Lipinski definition) is 0.